The van der Waals surface area contributed by atoms with Crippen molar-refractivity contribution in [3.63, 3.8) is 0 Å². The molecule has 0 aliphatic carbocycles. The lowest BCUT2D eigenvalue weighted by Crippen LogP contribution is -2.47. The van der Waals surface area contributed by atoms with Crippen LogP contribution in [-0.2, 0) is 4.79 Å². The standard InChI is InChI=1S/C19H22N2O3/c1-12(2)17(19(24)20-14-10-8-13(3)9-11-14)21-18(23)15-6-4-5-7-16(15)22/h4-12,17,22H,1-3H3,(H,20,24)(H,21,23). The van der Waals surface area contributed by atoms with Gasteiger partial charge in [-0.2, -0.15) is 0 Å². The molecule has 0 spiro atoms. The van der Waals surface area contributed by atoms with Gasteiger partial charge < -0.3 is 15.7 Å². The molecule has 0 aliphatic rings. The molecule has 5 nitrogen and oxygen atoms in total. The highest BCUT2D eigenvalue weighted by Gasteiger charge is 2.25. The summed E-state index contributed by atoms with van der Waals surface area (Å²) in [5.41, 5.74) is 1.92. The van der Waals surface area contributed by atoms with E-state index < -0.39 is 11.9 Å². The summed E-state index contributed by atoms with van der Waals surface area (Å²) in [4.78, 5) is 24.8. The van der Waals surface area contributed by atoms with Crippen molar-refractivity contribution in [2.24, 2.45) is 5.92 Å². The van der Waals surface area contributed by atoms with Gasteiger partial charge in [-0.05, 0) is 37.1 Å². The number of aromatic hydroxyl groups is 1. The maximum Gasteiger partial charge on any atom is 0.255 e. The number of nitrogens with one attached hydrogen (secondary N) is 2. The lowest BCUT2D eigenvalue weighted by atomic mass is 10.0. The van der Waals surface area contributed by atoms with Crippen LogP contribution in [0.4, 0.5) is 5.69 Å². The van der Waals surface area contributed by atoms with Crippen molar-refractivity contribution >= 4 is 17.5 Å². The van der Waals surface area contributed by atoms with E-state index in [9.17, 15) is 14.7 Å². The summed E-state index contributed by atoms with van der Waals surface area (Å²) in [6.45, 7) is 5.67. The van der Waals surface area contributed by atoms with Crippen LogP contribution in [-0.4, -0.2) is 23.0 Å². The monoisotopic (exact) mass is 326 g/mol. The molecule has 5 heteroatoms. The molecule has 126 valence electrons. The minimum absolute atomic E-state index is 0.106. The largest absolute Gasteiger partial charge is 0.507 e. The van der Waals surface area contributed by atoms with Crippen molar-refractivity contribution < 1.29 is 14.7 Å². The number of rotatable bonds is 5. The Hall–Kier alpha value is -2.82. The van der Waals surface area contributed by atoms with Crippen molar-refractivity contribution in [2.45, 2.75) is 26.8 Å². The number of benzene rings is 2. The third-order valence-corrected chi connectivity index (χ3v) is 3.70. The van der Waals surface area contributed by atoms with E-state index >= 15 is 0 Å². The van der Waals surface area contributed by atoms with E-state index in [1.54, 1.807) is 12.1 Å². The van der Waals surface area contributed by atoms with Crippen LogP contribution in [0.15, 0.2) is 48.5 Å². The first-order valence-electron chi connectivity index (χ1n) is 7.85. The second kappa shape index (κ2) is 7.64. The van der Waals surface area contributed by atoms with Gasteiger partial charge >= 0.3 is 0 Å². The average Bonchev–Trinajstić information content (AvgIpc) is 2.54. The fourth-order valence-corrected chi connectivity index (χ4v) is 2.28. The Morgan fingerprint density at radius 2 is 1.62 bits per heavy atom. The Kier molecular flexibility index (Phi) is 5.58. The van der Waals surface area contributed by atoms with E-state index in [1.165, 1.54) is 12.1 Å². The molecule has 0 saturated heterocycles. The summed E-state index contributed by atoms with van der Waals surface area (Å²) in [6, 6.07) is 13.0. The number of amides is 2. The van der Waals surface area contributed by atoms with E-state index in [0.29, 0.717) is 5.69 Å². The summed E-state index contributed by atoms with van der Waals surface area (Å²) < 4.78 is 0. The fourth-order valence-electron chi connectivity index (χ4n) is 2.28. The molecule has 24 heavy (non-hydrogen) atoms. The van der Waals surface area contributed by atoms with E-state index in [1.807, 2.05) is 45.0 Å². The zero-order valence-corrected chi connectivity index (χ0v) is 14.0. The van der Waals surface area contributed by atoms with Crippen LogP contribution in [0, 0.1) is 12.8 Å². The third kappa shape index (κ3) is 4.35. The Morgan fingerprint density at radius 3 is 2.21 bits per heavy atom. The van der Waals surface area contributed by atoms with Gasteiger partial charge in [0.2, 0.25) is 5.91 Å². The van der Waals surface area contributed by atoms with E-state index in [2.05, 4.69) is 10.6 Å². The minimum atomic E-state index is -0.710. The first-order valence-corrected chi connectivity index (χ1v) is 7.85. The van der Waals surface area contributed by atoms with Crippen molar-refractivity contribution in [3.05, 3.63) is 59.7 Å². The van der Waals surface area contributed by atoms with Crippen LogP contribution in [0.5, 0.6) is 5.75 Å². The second-order valence-corrected chi connectivity index (χ2v) is 6.07. The molecule has 0 radical (unpaired) electrons. The maximum atomic E-state index is 12.5. The number of phenolic OH excluding ortho intramolecular Hbond substituents is 1. The van der Waals surface area contributed by atoms with Gasteiger partial charge in [0.15, 0.2) is 0 Å². The molecule has 0 bridgehead atoms. The van der Waals surface area contributed by atoms with Crippen LogP contribution in [0.1, 0.15) is 29.8 Å². The molecule has 2 aromatic carbocycles. The van der Waals surface area contributed by atoms with Crippen molar-refractivity contribution in [1.29, 1.82) is 0 Å². The van der Waals surface area contributed by atoms with Crippen LogP contribution >= 0.6 is 0 Å². The first kappa shape index (κ1) is 17.5. The number of carbonyl (C=O) groups excluding carboxylic acids is 2. The molecular weight excluding hydrogens is 304 g/mol. The number of carbonyl (C=O) groups is 2. The molecule has 0 aliphatic heterocycles. The number of hydrogen-bond donors (Lipinski definition) is 3. The zero-order chi connectivity index (χ0) is 17.7. The highest BCUT2D eigenvalue weighted by atomic mass is 16.3. The molecule has 0 aromatic heterocycles. The number of anilines is 1. The topological polar surface area (TPSA) is 78.4 Å². The van der Waals surface area contributed by atoms with Gasteiger partial charge in [0.1, 0.15) is 11.8 Å². The summed E-state index contributed by atoms with van der Waals surface area (Å²) >= 11 is 0. The highest BCUT2D eigenvalue weighted by molar-refractivity contribution is 6.02. The predicted molar refractivity (Wildman–Crippen MR) is 94.0 cm³/mol. The number of hydrogen-bond acceptors (Lipinski definition) is 3. The molecule has 1 atom stereocenters. The number of aryl methyl sites for hydroxylation is 1. The highest BCUT2D eigenvalue weighted by Crippen LogP contribution is 2.17. The molecule has 1 unspecified atom stereocenters. The molecular formula is C19H22N2O3. The SMILES string of the molecule is Cc1ccc(NC(=O)C(NC(=O)c2ccccc2O)C(C)C)cc1. The van der Waals surface area contributed by atoms with E-state index in [4.69, 9.17) is 0 Å². The van der Waals surface area contributed by atoms with Crippen molar-refractivity contribution in [3.8, 4) is 5.75 Å². The van der Waals surface area contributed by atoms with E-state index in [0.717, 1.165) is 5.56 Å². The normalized spacial score (nSPS) is 11.8. The Labute approximate surface area is 141 Å². The Bertz CT molecular complexity index is 724. The molecule has 0 fully saturated rings. The summed E-state index contributed by atoms with van der Waals surface area (Å²) in [7, 11) is 0. The zero-order valence-electron chi connectivity index (χ0n) is 14.0. The Morgan fingerprint density at radius 1 is 1.00 bits per heavy atom. The van der Waals surface area contributed by atoms with Gasteiger partial charge in [0, 0.05) is 5.69 Å². The Balaban J connectivity index is 2.11. The maximum absolute atomic E-state index is 12.5. The lowest BCUT2D eigenvalue weighted by molar-refractivity contribution is -0.118. The molecule has 2 aromatic rings. The van der Waals surface area contributed by atoms with Crippen molar-refractivity contribution in [1.82, 2.24) is 5.32 Å². The summed E-state index contributed by atoms with van der Waals surface area (Å²) in [5, 5.41) is 15.3. The first-order chi connectivity index (χ1) is 11.4. The van der Waals surface area contributed by atoms with Crippen LogP contribution in [0.3, 0.4) is 0 Å². The smallest absolute Gasteiger partial charge is 0.255 e. The van der Waals surface area contributed by atoms with Crippen LogP contribution in [0.2, 0.25) is 0 Å². The van der Waals surface area contributed by atoms with Crippen LogP contribution in [0.25, 0.3) is 0 Å². The van der Waals surface area contributed by atoms with Gasteiger partial charge in [0.05, 0.1) is 5.56 Å². The molecule has 2 amide bonds. The fraction of sp³-hybridized carbons (Fsp3) is 0.263. The van der Waals surface area contributed by atoms with Gasteiger partial charge in [0.25, 0.3) is 5.91 Å². The van der Waals surface area contributed by atoms with Crippen molar-refractivity contribution in [2.75, 3.05) is 5.32 Å². The number of phenols is 1. The van der Waals surface area contributed by atoms with E-state index in [-0.39, 0.29) is 23.1 Å². The molecule has 0 saturated carbocycles. The second-order valence-electron chi connectivity index (χ2n) is 6.07. The third-order valence-electron chi connectivity index (χ3n) is 3.70. The van der Waals surface area contributed by atoms with Gasteiger partial charge in [-0.15, -0.1) is 0 Å². The van der Waals surface area contributed by atoms with Gasteiger partial charge in [-0.3, -0.25) is 9.59 Å². The quantitative estimate of drug-likeness (QED) is 0.790. The molecule has 3 N–H and O–H groups in total. The minimum Gasteiger partial charge on any atom is -0.507 e. The molecule has 2 rings (SSSR count). The lowest BCUT2D eigenvalue weighted by Gasteiger charge is -2.22. The average molecular weight is 326 g/mol. The summed E-state index contributed by atoms with van der Waals surface area (Å²) in [6.07, 6.45) is 0. The summed E-state index contributed by atoms with van der Waals surface area (Å²) in [5.74, 6) is -0.995. The van der Waals surface area contributed by atoms with Crippen LogP contribution < -0.4 is 10.6 Å². The molecule has 0 heterocycles. The number of para-hydroxylation sites is 1. The van der Waals surface area contributed by atoms with Gasteiger partial charge in [-0.1, -0.05) is 43.7 Å². The van der Waals surface area contributed by atoms with Gasteiger partial charge in [-0.25, -0.2) is 0 Å². The predicted octanol–water partition coefficient (Wildman–Crippen LogP) is 3.09.